The molecule has 0 aliphatic heterocycles. The van der Waals surface area contributed by atoms with Gasteiger partial charge in [0.25, 0.3) is 0 Å². The first-order valence-electron chi connectivity index (χ1n) is 8.72. The van der Waals surface area contributed by atoms with Crippen LogP contribution in [0.1, 0.15) is 28.8 Å². The third-order valence-corrected chi connectivity index (χ3v) is 6.77. The van der Waals surface area contributed by atoms with Crippen molar-refractivity contribution in [2.24, 2.45) is 0 Å². The molecule has 1 aliphatic carbocycles. The Bertz CT molecular complexity index is 1100. The van der Waals surface area contributed by atoms with Crippen molar-refractivity contribution in [1.82, 2.24) is 9.71 Å². The Kier molecular flexibility index (Phi) is 4.12. The number of aromatic nitrogens is 1. The lowest BCUT2D eigenvalue weighted by Crippen LogP contribution is -2.39. The van der Waals surface area contributed by atoms with Crippen molar-refractivity contribution >= 4 is 20.9 Å². The van der Waals surface area contributed by atoms with E-state index in [1.807, 2.05) is 26.0 Å². The van der Waals surface area contributed by atoms with Crippen molar-refractivity contribution in [3.8, 4) is 0 Å². The van der Waals surface area contributed by atoms with E-state index in [4.69, 9.17) is 0 Å². The summed E-state index contributed by atoms with van der Waals surface area (Å²) in [5.74, 6) is -0.280. The van der Waals surface area contributed by atoms with Gasteiger partial charge in [-0.1, -0.05) is 17.7 Å². The van der Waals surface area contributed by atoms with Gasteiger partial charge in [0.2, 0.25) is 10.0 Å². The van der Waals surface area contributed by atoms with Gasteiger partial charge in [-0.2, -0.15) is 0 Å². The Labute approximate surface area is 152 Å². The van der Waals surface area contributed by atoms with Crippen molar-refractivity contribution in [3.63, 3.8) is 0 Å². The van der Waals surface area contributed by atoms with Gasteiger partial charge in [0, 0.05) is 22.6 Å². The van der Waals surface area contributed by atoms with Gasteiger partial charge in [-0.15, -0.1) is 0 Å². The van der Waals surface area contributed by atoms with Crippen LogP contribution in [0.2, 0.25) is 0 Å². The summed E-state index contributed by atoms with van der Waals surface area (Å²) in [6.07, 6.45) is 2.01. The number of sulfonamides is 1. The predicted octanol–water partition coefficient (Wildman–Crippen LogP) is 3.76. The zero-order valence-electron chi connectivity index (χ0n) is 14.8. The molecular weight excluding hydrogens is 351 g/mol. The first-order chi connectivity index (χ1) is 12.3. The van der Waals surface area contributed by atoms with Gasteiger partial charge in [-0.3, -0.25) is 0 Å². The van der Waals surface area contributed by atoms with Gasteiger partial charge in [0.15, 0.2) is 0 Å². The maximum Gasteiger partial charge on any atom is 0.241 e. The molecule has 4 rings (SSSR count). The highest BCUT2D eigenvalue weighted by Gasteiger charge is 2.27. The first-order valence-corrected chi connectivity index (χ1v) is 10.2. The average molecular weight is 372 g/mol. The fourth-order valence-corrected chi connectivity index (χ4v) is 5.37. The van der Waals surface area contributed by atoms with E-state index in [1.165, 1.54) is 12.1 Å². The molecule has 0 saturated heterocycles. The van der Waals surface area contributed by atoms with Gasteiger partial charge in [0.05, 0.1) is 4.90 Å². The molecule has 0 spiro atoms. The van der Waals surface area contributed by atoms with Crippen LogP contribution in [0.15, 0.2) is 41.3 Å². The maximum absolute atomic E-state index is 13.6. The molecule has 1 atom stereocenters. The molecule has 0 fully saturated rings. The molecule has 136 valence electrons. The molecule has 0 saturated carbocycles. The summed E-state index contributed by atoms with van der Waals surface area (Å²) in [6, 6.07) is 9.82. The van der Waals surface area contributed by atoms with Crippen molar-refractivity contribution in [2.75, 3.05) is 0 Å². The predicted molar refractivity (Wildman–Crippen MR) is 100 cm³/mol. The van der Waals surface area contributed by atoms with Crippen LogP contribution in [-0.2, 0) is 22.9 Å². The minimum Gasteiger partial charge on any atom is -0.358 e. The Hall–Kier alpha value is -2.18. The maximum atomic E-state index is 13.6. The average Bonchev–Trinajstić information content (AvgIpc) is 2.91. The summed E-state index contributed by atoms with van der Waals surface area (Å²) in [7, 11) is -3.59. The van der Waals surface area contributed by atoms with E-state index in [0.717, 1.165) is 39.7 Å². The fourth-order valence-electron chi connectivity index (χ4n) is 3.87. The number of H-pyrrole nitrogens is 1. The lowest BCUT2D eigenvalue weighted by Gasteiger charge is -2.24. The summed E-state index contributed by atoms with van der Waals surface area (Å²) in [6.45, 7) is 3.75. The van der Waals surface area contributed by atoms with Gasteiger partial charge < -0.3 is 4.98 Å². The highest BCUT2D eigenvalue weighted by Crippen LogP contribution is 2.30. The van der Waals surface area contributed by atoms with Crippen molar-refractivity contribution in [2.45, 2.75) is 44.0 Å². The standard InChI is InChI=1S/C20H21FN2O2S/c1-12-3-8-20(13(2)9-12)26(24,25)23-15-5-7-19-17(11-15)16-10-14(21)4-6-18(16)22-19/h3-4,6,8-10,15,22-23H,5,7,11H2,1-2H3. The van der Waals surface area contributed by atoms with E-state index in [2.05, 4.69) is 9.71 Å². The van der Waals surface area contributed by atoms with Gasteiger partial charge in [0.1, 0.15) is 5.82 Å². The van der Waals surface area contributed by atoms with Crippen LogP contribution in [0, 0.1) is 19.7 Å². The molecule has 4 nitrogen and oxygen atoms in total. The fraction of sp³-hybridized carbons (Fsp3) is 0.300. The van der Waals surface area contributed by atoms with E-state index < -0.39 is 10.0 Å². The van der Waals surface area contributed by atoms with E-state index in [9.17, 15) is 12.8 Å². The SMILES string of the molecule is Cc1ccc(S(=O)(=O)NC2CCc3[nH]c4ccc(F)cc4c3C2)c(C)c1. The van der Waals surface area contributed by atoms with E-state index in [0.29, 0.717) is 17.7 Å². The number of hydrogen-bond acceptors (Lipinski definition) is 2. The molecule has 1 unspecified atom stereocenters. The number of benzene rings is 2. The van der Waals surface area contributed by atoms with Gasteiger partial charge >= 0.3 is 0 Å². The molecule has 1 heterocycles. The quantitative estimate of drug-likeness (QED) is 0.735. The zero-order valence-corrected chi connectivity index (χ0v) is 15.6. The minimum atomic E-state index is -3.59. The number of fused-ring (bicyclic) bond motifs is 3. The Morgan fingerprint density at radius 1 is 1.15 bits per heavy atom. The third-order valence-electron chi connectivity index (χ3n) is 5.09. The Balaban J connectivity index is 1.63. The highest BCUT2D eigenvalue weighted by atomic mass is 32.2. The van der Waals surface area contributed by atoms with Crippen LogP contribution in [-0.4, -0.2) is 19.4 Å². The second kappa shape index (κ2) is 6.21. The van der Waals surface area contributed by atoms with Crippen LogP contribution >= 0.6 is 0 Å². The summed E-state index contributed by atoms with van der Waals surface area (Å²) in [4.78, 5) is 3.65. The lowest BCUT2D eigenvalue weighted by atomic mass is 9.92. The largest absolute Gasteiger partial charge is 0.358 e. The first kappa shape index (κ1) is 17.2. The number of rotatable bonds is 3. The second-order valence-corrected chi connectivity index (χ2v) is 8.78. The van der Waals surface area contributed by atoms with Crippen LogP contribution in [0.3, 0.4) is 0 Å². The number of aryl methyl sites for hydroxylation is 3. The number of hydrogen-bond donors (Lipinski definition) is 2. The van der Waals surface area contributed by atoms with E-state index in [1.54, 1.807) is 12.1 Å². The number of aromatic amines is 1. The Morgan fingerprint density at radius 2 is 1.96 bits per heavy atom. The summed E-state index contributed by atoms with van der Waals surface area (Å²) >= 11 is 0. The molecule has 26 heavy (non-hydrogen) atoms. The van der Waals surface area contributed by atoms with Crippen molar-refractivity contribution in [1.29, 1.82) is 0 Å². The van der Waals surface area contributed by atoms with Crippen molar-refractivity contribution < 1.29 is 12.8 Å². The Morgan fingerprint density at radius 3 is 2.73 bits per heavy atom. The molecule has 2 aromatic carbocycles. The summed E-state index contributed by atoms with van der Waals surface area (Å²) in [5, 5.41) is 0.843. The molecular formula is C20H21FN2O2S. The molecule has 1 aliphatic rings. The third kappa shape index (κ3) is 3.04. The lowest BCUT2D eigenvalue weighted by molar-refractivity contribution is 0.506. The van der Waals surface area contributed by atoms with Crippen LogP contribution in [0.5, 0.6) is 0 Å². The summed E-state index contributed by atoms with van der Waals surface area (Å²) in [5.41, 5.74) is 4.76. The molecule has 0 amide bonds. The van der Waals surface area contributed by atoms with Crippen LogP contribution < -0.4 is 4.72 Å². The second-order valence-electron chi connectivity index (χ2n) is 7.10. The monoisotopic (exact) mass is 372 g/mol. The molecule has 0 radical (unpaired) electrons. The minimum absolute atomic E-state index is 0.199. The van der Waals surface area contributed by atoms with Gasteiger partial charge in [-0.25, -0.2) is 17.5 Å². The smallest absolute Gasteiger partial charge is 0.241 e. The molecule has 2 N–H and O–H groups in total. The van der Waals surface area contributed by atoms with Gasteiger partial charge in [-0.05, 0) is 68.5 Å². The topological polar surface area (TPSA) is 62.0 Å². The molecule has 1 aromatic heterocycles. The number of nitrogens with one attached hydrogen (secondary N) is 2. The van der Waals surface area contributed by atoms with Crippen LogP contribution in [0.4, 0.5) is 4.39 Å². The summed E-state index contributed by atoms with van der Waals surface area (Å²) < 4.78 is 42.1. The normalized spacial score (nSPS) is 17.4. The van der Waals surface area contributed by atoms with E-state index in [-0.39, 0.29) is 11.9 Å². The zero-order chi connectivity index (χ0) is 18.5. The highest BCUT2D eigenvalue weighted by molar-refractivity contribution is 7.89. The van der Waals surface area contributed by atoms with E-state index >= 15 is 0 Å². The number of halogens is 1. The molecule has 6 heteroatoms. The molecule has 3 aromatic rings. The van der Waals surface area contributed by atoms with Crippen LogP contribution in [0.25, 0.3) is 10.9 Å². The molecule has 0 bridgehead atoms. The van der Waals surface area contributed by atoms with Crippen molar-refractivity contribution in [3.05, 3.63) is 64.6 Å².